The molecule has 2 atom stereocenters. The highest BCUT2D eigenvalue weighted by atomic mass is 35.5. The van der Waals surface area contributed by atoms with Crippen LogP contribution in [0.1, 0.15) is 25.5 Å². The summed E-state index contributed by atoms with van der Waals surface area (Å²) in [5.41, 5.74) is 0.641. The van der Waals surface area contributed by atoms with E-state index >= 15 is 0 Å². The summed E-state index contributed by atoms with van der Waals surface area (Å²) in [4.78, 5) is 0. The fraction of sp³-hybridized carbons (Fsp3) is 0.538. The molecule has 0 radical (unpaired) electrons. The van der Waals surface area contributed by atoms with Crippen molar-refractivity contribution in [2.75, 3.05) is 18.1 Å². The van der Waals surface area contributed by atoms with Gasteiger partial charge >= 0.3 is 0 Å². The Labute approximate surface area is 119 Å². The number of aliphatic hydroxyl groups excluding tert-OH is 1. The Hall–Kier alpha value is -0.620. The lowest BCUT2D eigenvalue weighted by Crippen LogP contribution is -2.36. The van der Waals surface area contributed by atoms with E-state index in [1.165, 1.54) is 0 Å². The van der Waals surface area contributed by atoms with Crippen LogP contribution in [-0.2, 0) is 9.84 Å². The zero-order valence-corrected chi connectivity index (χ0v) is 12.7. The van der Waals surface area contributed by atoms with E-state index in [-0.39, 0.29) is 24.1 Å². The number of nitrogens with one attached hydrogen (secondary N) is 1. The van der Waals surface area contributed by atoms with Crippen molar-refractivity contribution in [1.29, 1.82) is 0 Å². The Kier molecular flexibility index (Phi) is 6.26. The van der Waals surface area contributed by atoms with Gasteiger partial charge in [0.1, 0.15) is 0 Å². The van der Waals surface area contributed by atoms with Gasteiger partial charge in [0, 0.05) is 28.9 Å². The minimum atomic E-state index is -3.01. The first-order valence-corrected chi connectivity index (χ1v) is 8.42. The Morgan fingerprint density at radius 3 is 2.58 bits per heavy atom. The quantitative estimate of drug-likeness (QED) is 0.806. The van der Waals surface area contributed by atoms with Crippen molar-refractivity contribution in [3.63, 3.8) is 0 Å². The van der Waals surface area contributed by atoms with Crippen molar-refractivity contribution in [3.05, 3.63) is 34.9 Å². The molecule has 0 bridgehead atoms. The zero-order chi connectivity index (χ0) is 14.5. The van der Waals surface area contributed by atoms with Crippen molar-refractivity contribution < 1.29 is 13.5 Å². The van der Waals surface area contributed by atoms with Gasteiger partial charge in [0.15, 0.2) is 9.84 Å². The minimum Gasteiger partial charge on any atom is -0.387 e. The van der Waals surface area contributed by atoms with Crippen molar-refractivity contribution in [2.24, 2.45) is 0 Å². The predicted octanol–water partition coefficient (Wildman–Crippen LogP) is 1.79. The second-order valence-corrected chi connectivity index (χ2v) is 7.35. The lowest BCUT2D eigenvalue weighted by molar-refractivity contribution is 0.172. The van der Waals surface area contributed by atoms with Crippen LogP contribution in [0.15, 0.2) is 24.3 Å². The van der Waals surface area contributed by atoms with Gasteiger partial charge in [-0.2, -0.15) is 0 Å². The van der Waals surface area contributed by atoms with Crippen LogP contribution in [-0.4, -0.2) is 37.6 Å². The van der Waals surface area contributed by atoms with Gasteiger partial charge in [0.25, 0.3) is 0 Å². The summed E-state index contributed by atoms with van der Waals surface area (Å²) in [6.07, 6.45) is -0.750. The summed E-state index contributed by atoms with van der Waals surface area (Å²) in [7, 11) is -3.01. The molecule has 0 aliphatic rings. The van der Waals surface area contributed by atoms with Crippen LogP contribution in [0.25, 0.3) is 0 Å². The number of hydrogen-bond donors (Lipinski definition) is 2. The molecule has 0 saturated heterocycles. The van der Waals surface area contributed by atoms with Gasteiger partial charge in [0.05, 0.1) is 11.9 Å². The first kappa shape index (κ1) is 16.4. The molecule has 108 valence electrons. The Morgan fingerprint density at radius 1 is 1.37 bits per heavy atom. The summed E-state index contributed by atoms with van der Waals surface area (Å²) < 4.78 is 22.9. The van der Waals surface area contributed by atoms with Crippen LogP contribution in [0.2, 0.25) is 5.02 Å². The molecule has 1 rings (SSSR count). The first-order valence-electron chi connectivity index (χ1n) is 6.22. The van der Waals surface area contributed by atoms with Crippen LogP contribution in [0, 0.1) is 0 Å². The van der Waals surface area contributed by atoms with Gasteiger partial charge in [-0.15, -0.1) is 0 Å². The maximum absolute atomic E-state index is 11.5. The molecule has 4 nitrogen and oxygen atoms in total. The molecule has 2 unspecified atom stereocenters. The molecule has 1 aromatic carbocycles. The Bertz CT molecular complexity index is 504. The van der Waals surface area contributed by atoms with Crippen LogP contribution in [0.3, 0.4) is 0 Å². The van der Waals surface area contributed by atoms with Crippen LogP contribution in [0.4, 0.5) is 0 Å². The summed E-state index contributed by atoms with van der Waals surface area (Å²) >= 11 is 5.98. The van der Waals surface area contributed by atoms with Crippen molar-refractivity contribution in [1.82, 2.24) is 5.32 Å². The van der Waals surface area contributed by atoms with E-state index in [1.54, 1.807) is 38.1 Å². The fourth-order valence-electron chi connectivity index (χ4n) is 1.73. The summed E-state index contributed by atoms with van der Waals surface area (Å²) in [5, 5.41) is 13.5. The van der Waals surface area contributed by atoms with Gasteiger partial charge in [-0.25, -0.2) is 8.42 Å². The van der Waals surface area contributed by atoms with Gasteiger partial charge in [-0.05, 0) is 13.0 Å². The topological polar surface area (TPSA) is 66.4 Å². The first-order chi connectivity index (χ1) is 8.85. The molecule has 0 aliphatic heterocycles. The summed E-state index contributed by atoms with van der Waals surface area (Å²) in [6, 6.07) is 6.85. The lowest BCUT2D eigenvalue weighted by Gasteiger charge is -2.18. The van der Waals surface area contributed by atoms with Gasteiger partial charge < -0.3 is 10.4 Å². The fourth-order valence-corrected chi connectivity index (χ4v) is 3.10. The molecule has 0 aliphatic carbocycles. The molecule has 19 heavy (non-hydrogen) atoms. The molecule has 0 aromatic heterocycles. The monoisotopic (exact) mass is 305 g/mol. The highest BCUT2D eigenvalue weighted by Crippen LogP contribution is 2.21. The van der Waals surface area contributed by atoms with E-state index in [0.717, 1.165) is 0 Å². The largest absolute Gasteiger partial charge is 0.387 e. The van der Waals surface area contributed by atoms with Crippen LogP contribution < -0.4 is 5.32 Å². The van der Waals surface area contributed by atoms with E-state index in [4.69, 9.17) is 11.6 Å². The number of hydrogen-bond acceptors (Lipinski definition) is 4. The average Bonchev–Trinajstić information content (AvgIpc) is 2.36. The van der Waals surface area contributed by atoms with Crippen molar-refractivity contribution in [2.45, 2.75) is 26.0 Å². The number of rotatable bonds is 7. The number of sulfone groups is 1. The Balaban J connectivity index is 2.51. The molecule has 0 heterocycles. The number of halogens is 1. The molecule has 0 amide bonds. The second kappa shape index (κ2) is 7.24. The average molecular weight is 306 g/mol. The molecule has 0 fully saturated rings. The second-order valence-electron chi connectivity index (χ2n) is 4.55. The molecular weight excluding hydrogens is 286 g/mol. The molecule has 0 spiro atoms. The lowest BCUT2D eigenvalue weighted by atomic mass is 10.1. The number of aliphatic hydroxyl groups is 1. The third-order valence-electron chi connectivity index (χ3n) is 2.87. The molecule has 0 saturated carbocycles. The predicted molar refractivity (Wildman–Crippen MR) is 78.2 cm³/mol. The maximum Gasteiger partial charge on any atom is 0.151 e. The third-order valence-corrected chi connectivity index (χ3v) is 5.10. The third kappa shape index (κ3) is 5.48. The SMILES string of the molecule is CCS(=O)(=O)CC(C)NCC(O)c1ccccc1Cl. The molecule has 2 N–H and O–H groups in total. The van der Waals surface area contributed by atoms with Crippen LogP contribution in [0.5, 0.6) is 0 Å². The van der Waals surface area contributed by atoms with Gasteiger partial charge in [-0.3, -0.25) is 0 Å². The van der Waals surface area contributed by atoms with E-state index < -0.39 is 15.9 Å². The zero-order valence-electron chi connectivity index (χ0n) is 11.1. The maximum atomic E-state index is 11.5. The highest BCUT2D eigenvalue weighted by Gasteiger charge is 2.16. The smallest absolute Gasteiger partial charge is 0.151 e. The van der Waals surface area contributed by atoms with Crippen LogP contribution >= 0.6 is 11.6 Å². The Morgan fingerprint density at radius 2 is 2.00 bits per heavy atom. The number of benzene rings is 1. The summed E-state index contributed by atoms with van der Waals surface area (Å²) in [5.74, 6) is 0.199. The summed E-state index contributed by atoms with van der Waals surface area (Å²) in [6.45, 7) is 3.68. The molecule has 1 aromatic rings. The normalized spacial score (nSPS) is 15.2. The standard InChI is InChI=1S/C13H20ClNO3S/c1-3-19(17,18)9-10(2)15-8-13(16)11-6-4-5-7-12(11)14/h4-7,10,13,15-16H,3,8-9H2,1-2H3. The van der Waals surface area contributed by atoms with Gasteiger partial charge in [0.2, 0.25) is 0 Å². The minimum absolute atomic E-state index is 0.0682. The van der Waals surface area contributed by atoms with Crippen molar-refractivity contribution >= 4 is 21.4 Å². The molecule has 6 heteroatoms. The van der Waals surface area contributed by atoms with E-state index in [1.807, 2.05) is 0 Å². The molecular formula is C13H20ClNO3S. The van der Waals surface area contributed by atoms with E-state index in [0.29, 0.717) is 10.6 Å². The van der Waals surface area contributed by atoms with Crippen molar-refractivity contribution in [3.8, 4) is 0 Å². The van der Waals surface area contributed by atoms with E-state index in [9.17, 15) is 13.5 Å². The van der Waals surface area contributed by atoms with Gasteiger partial charge in [-0.1, -0.05) is 36.7 Å². The van der Waals surface area contributed by atoms with E-state index in [2.05, 4.69) is 5.32 Å². The highest BCUT2D eigenvalue weighted by molar-refractivity contribution is 7.91.